The van der Waals surface area contributed by atoms with E-state index in [4.69, 9.17) is 38.4 Å². The van der Waals surface area contributed by atoms with E-state index in [9.17, 15) is 19.2 Å². The second-order valence-electron chi connectivity index (χ2n) is 14.7. The summed E-state index contributed by atoms with van der Waals surface area (Å²) < 4.78 is 32.1. The maximum Gasteiger partial charge on any atom is 0.338 e. The van der Waals surface area contributed by atoms with Crippen molar-refractivity contribution in [1.29, 1.82) is 0 Å². The average molecular weight is 855 g/mol. The van der Waals surface area contributed by atoms with Crippen LogP contribution in [0.25, 0.3) is 90.2 Å². The Morgan fingerprint density at radius 3 is 1.25 bits per heavy atom. The first-order valence-corrected chi connectivity index (χ1v) is 19.8. The van der Waals surface area contributed by atoms with Crippen LogP contribution in [0.15, 0.2) is 84.9 Å². The molecule has 14 nitrogen and oxygen atoms in total. The molecule has 2 aliphatic heterocycles. The number of ether oxygens (including phenoxy) is 6. The highest BCUT2D eigenvalue weighted by molar-refractivity contribution is 6.19. The van der Waals surface area contributed by atoms with Crippen LogP contribution in [-0.2, 0) is 18.9 Å². The highest BCUT2D eigenvalue weighted by atomic mass is 16.5. The summed E-state index contributed by atoms with van der Waals surface area (Å²) in [5.41, 5.74) is 7.21. The molecule has 14 heteroatoms. The molecular weight excluding hydrogens is 817 g/mol. The molecule has 318 valence electrons. The fourth-order valence-electron chi connectivity index (χ4n) is 8.22. The highest BCUT2D eigenvalue weighted by Gasteiger charge is 2.26. The molecule has 0 atom stereocenters. The van der Waals surface area contributed by atoms with E-state index in [2.05, 4.69) is 9.97 Å². The van der Waals surface area contributed by atoms with Crippen LogP contribution < -0.4 is 9.47 Å². The van der Waals surface area contributed by atoms with Crippen molar-refractivity contribution in [3.8, 4) is 33.8 Å². The van der Waals surface area contributed by atoms with Gasteiger partial charge in [0.15, 0.2) is 0 Å². The lowest BCUT2D eigenvalue weighted by Crippen LogP contribution is -2.11. The molecule has 4 aromatic carbocycles. The van der Waals surface area contributed by atoms with Crippen LogP contribution in [0.5, 0.6) is 11.5 Å². The summed E-state index contributed by atoms with van der Waals surface area (Å²) >= 11 is 0. The largest absolute Gasteiger partial charge is 0.497 e. The van der Waals surface area contributed by atoms with Gasteiger partial charge in [-0.15, -0.1) is 0 Å². The van der Waals surface area contributed by atoms with E-state index in [0.29, 0.717) is 94.6 Å². The van der Waals surface area contributed by atoms with Gasteiger partial charge in [0.2, 0.25) is 0 Å². The van der Waals surface area contributed by atoms with Crippen LogP contribution in [0.4, 0.5) is 0 Å². The number of carbonyl (C=O) groups excluding carboxylic acids is 4. The van der Waals surface area contributed by atoms with Gasteiger partial charge in [0.25, 0.3) is 0 Å². The van der Waals surface area contributed by atoms with Crippen LogP contribution in [0.3, 0.4) is 0 Å². The van der Waals surface area contributed by atoms with Crippen molar-refractivity contribution in [2.24, 2.45) is 0 Å². The van der Waals surface area contributed by atoms with Crippen molar-refractivity contribution >= 4 is 91.8 Å². The summed E-state index contributed by atoms with van der Waals surface area (Å²) in [6, 6.07) is 25.3. The number of carbonyl (C=O) groups is 4. The molecule has 0 aliphatic carbocycles. The van der Waals surface area contributed by atoms with Crippen LogP contribution in [0, 0.1) is 0 Å². The number of rotatable bonds is 8. The summed E-state index contributed by atoms with van der Waals surface area (Å²) in [5, 5.41) is 2.34. The lowest BCUT2D eigenvalue weighted by atomic mass is 9.98. The minimum atomic E-state index is -0.733. The average Bonchev–Trinajstić information content (AvgIpc) is 4.14. The van der Waals surface area contributed by atoms with Gasteiger partial charge in [-0.05, 0) is 84.0 Å². The van der Waals surface area contributed by atoms with Gasteiger partial charge in [0.05, 0.1) is 98.7 Å². The van der Waals surface area contributed by atoms with Crippen molar-refractivity contribution in [3.63, 3.8) is 0 Å². The number of esters is 4. The first kappa shape index (κ1) is 40.9. The first-order chi connectivity index (χ1) is 31.1. The summed E-state index contributed by atoms with van der Waals surface area (Å²) in [7, 11) is 8.11. The Morgan fingerprint density at radius 2 is 0.844 bits per heavy atom. The number of benzene rings is 4. The fraction of sp³-hybridized carbons (Fsp3) is 0.120. The zero-order chi connectivity index (χ0) is 44.8. The van der Waals surface area contributed by atoms with Gasteiger partial charge in [-0.2, -0.15) is 0 Å². The van der Waals surface area contributed by atoms with E-state index >= 15 is 0 Å². The minimum absolute atomic E-state index is 0.00263. The number of hydrogen-bond acceptors (Lipinski definition) is 12. The Balaban J connectivity index is 1.55. The van der Waals surface area contributed by atoms with E-state index in [-0.39, 0.29) is 22.3 Å². The smallest absolute Gasteiger partial charge is 0.338 e. The van der Waals surface area contributed by atoms with Crippen LogP contribution in [-0.4, -0.2) is 86.5 Å². The standard InChI is InChI=1S/C50H38N4O10/c1-59-29-16-26(17-30(20-29)60-2)44-40-15-14-39(52-40)43(25-10-8-7-9-11-25)45-33-23-37(49(57)63-5)35(47(55)61-3)21-31(33)41(53-45)18-27-12-13-28(51-27)19-42-32-22-36(48(56)62-4)38(50(58)64-6)24-34(32)46(44)54-42/h7-24,53-54H,1-6H3. The first-order valence-electron chi connectivity index (χ1n) is 19.8. The van der Waals surface area contributed by atoms with Crippen LogP contribution in [0.1, 0.15) is 64.2 Å². The summed E-state index contributed by atoms with van der Waals surface area (Å²) in [6.07, 6.45) is 7.46. The predicted octanol–water partition coefficient (Wildman–Crippen LogP) is 9.46. The molecule has 64 heavy (non-hydrogen) atoms. The molecule has 3 aromatic heterocycles. The van der Waals surface area contributed by atoms with E-state index in [0.717, 1.165) is 5.56 Å². The zero-order valence-electron chi connectivity index (χ0n) is 35.4. The summed E-state index contributed by atoms with van der Waals surface area (Å²) in [5.74, 6) is -1.88. The number of H-pyrrole nitrogens is 2. The molecule has 0 amide bonds. The highest BCUT2D eigenvalue weighted by Crippen LogP contribution is 2.42. The molecule has 5 heterocycles. The van der Waals surface area contributed by atoms with Crippen LogP contribution >= 0.6 is 0 Å². The predicted molar refractivity (Wildman–Crippen MR) is 243 cm³/mol. The lowest BCUT2D eigenvalue weighted by Gasteiger charge is -2.11. The number of aromatic amines is 2. The molecule has 2 aliphatic rings. The molecule has 0 radical (unpaired) electrons. The summed E-state index contributed by atoms with van der Waals surface area (Å²) in [4.78, 5) is 70.8. The molecule has 0 fully saturated rings. The van der Waals surface area contributed by atoms with Gasteiger partial charge in [-0.3, -0.25) is 0 Å². The fourth-order valence-corrected chi connectivity index (χ4v) is 8.22. The lowest BCUT2D eigenvalue weighted by molar-refractivity contribution is 0.0555. The number of nitrogens with zero attached hydrogens (tertiary/aromatic N) is 2. The molecule has 9 rings (SSSR count). The second-order valence-corrected chi connectivity index (χ2v) is 14.7. The quantitative estimate of drug-likeness (QED) is 0.109. The van der Waals surface area contributed by atoms with Gasteiger partial charge in [0.1, 0.15) is 11.5 Å². The number of aromatic nitrogens is 4. The number of methoxy groups -OCH3 is 6. The zero-order valence-corrected chi connectivity index (χ0v) is 35.4. The maximum atomic E-state index is 13.4. The SMILES string of the molecule is COC(=O)c1cc2c3cc4nc(cc5[nH]c(c(-c6cc(OC)cc(OC)c6)c6nc(c(-c7ccccc7)c([nH]3)c2cc1C(=O)OC)C=C6)c1cc(C(=O)OC)c(C(=O)OC)cc51)C=C4. The molecule has 0 saturated carbocycles. The van der Waals surface area contributed by atoms with Crippen molar-refractivity contribution in [2.45, 2.75) is 0 Å². The Hall–Kier alpha value is -8.52. The Morgan fingerprint density at radius 1 is 0.438 bits per heavy atom. The third kappa shape index (κ3) is 6.96. The van der Waals surface area contributed by atoms with Gasteiger partial charge in [-0.1, -0.05) is 30.3 Å². The molecule has 0 saturated heterocycles. The second kappa shape index (κ2) is 16.4. The van der Waals surface area contributed by atoms with Crippen molar-refractivity contribution in [2.75, 3.05) is 42.7 Å². The molecule has 0 spiro atoms. The van der Waals surface area contributed by atoms with E-state index in [1.807, 2.05) is 78.9 Å². The molecular formula is C50H38N4O10. The van der Waals surface area contributed by atoms with Gasteiger partial charge < -0.3 is 38.4 Å². The topological polar surface area (TPSA) is 181 Å². The third-order valence-electron chi connectivity index (χ3n) is 11.2. The van der Waals surface area contributed by atoms with Gasteiger partial charge in [-0.25, -0.2) is 29.1 Å². The van der Waals surface area contributed by atoms with Crippen LogP contribution in [0.2, 0.25) is 0 Å². The summed E-state index contributed by atoms with van der Waals surface area (Å²) in [6.45, 7) is 0. The van der Waals surface area contributed by atoms with E-state index < -0.39 is 23.9 Å². The third-order valence-corrected chi connectivity index (χ3v) is 11.2. The van der Waals surface area contributed by atoms with Crippen molar-refractivity contribution in [1.82, 2.24) is 19.9 Å². The Labute approximate surface area is 364 Å². The molecule has 0 unspecified atom stereocenters. The number of nitrogens with one attached hydrogen (secondary N) is 2. The molecule has 7 aromatic rings. The Kier molecular flexibility index (Phi) is 10.5. The Bertz CT molecular complexity index is 3360. The normalized spacial score (nSPS) is 11.7. The molecule has 2 N–H and O–H groups in total. The van der Waals surface area contributed by atoms with E-state index in [1.165, 1.54) is 28.4 Å². The molecule has 8 bridgehead atoms. The number of fused-ring (bicyclic) bond motifs is 14. The van der Waals surface area contributed by atoms with E-state index in [1.54, 1.807) is 44.6 Å². The maximum absolute atomic E-state index is 13.4. The van der Waals surface area contributed by atoms with Gasteiger partial charge >= 0.3 is 23.9 Å². The number of hydrogen-bond donors (Lipinski definition) is 2. The van der Waals surface area contributed by atoms with Crippen molar-refractivity contribution in [3.05, 3.63) is 130 Å². The monoisotopic (exact) mass is 854 g/mol. The van der Waals surface area contributed by atoms with Crippen molar-refractivity contribution < 1.29 is 47.6 Å². The minimum Gasteiger partial charge on any atom is -0.497 e. The van der Waals surface area contributed by atoms with Gasteiger partial charge in [0, 0.05) is 49.8 Å².